The van der Waals surface area contributed by atoms with Crippen LogP contribution in [-0.2, 0) is 22.4 Å². The van der Waals surface area contributed by atoms with Crippen molar-refractivity contribution < 1.29 is 14.3 Å². The predicted octanol–water partition coefficient (Wildman–Crippen LogP) is 3.68. The summed E-state index contributed by atoms with van der Waals surface area (Å²) < 4.78 is 10.8. The molecule has 0 fully saturated rings. The lowest BCUT2D eigenvalue weighted by Crippen LogP contribution is -2.22. The fourth-order valence-electron chi connectivity index (χ4n) is 2.64. The van der Waals surface area contributed by atoms with Crippen molar-refractivity contribution in [2.75, 3.05) is 7.11 Å². The number of ether oxygens (including phenoxy) is 2. The van der Waals surface area contributed by atoms with Crippen molar-refractivity contribution in [2.24, 2.45) is 0 Å². The van der Waals surface area contributed by atoms with Gasteiger partial charge in [-0.05, 0) is 42.9 Å². The molecule has 3 nitrogen and oxygen atoms in total. The number of aryl methyl sites for hydroxylation is 1. The normalized spacial score (nSPS) is 17.2. The molecule has 0 saturated heterocycles. The number of esters is 1. The van der Waals surface area contributed by atoms with Crippen molar-refractivity contribution in [3.8, 4) is 5.75 Å². The molecule has 0 aliphatic carbocycles. The summed E-state index contributed by atoms with van der Waals surface area (Å²) in [6.45, 7) is 2.22. The first-order chi connectivity index (χ1) is 9.72. The van der Waals surface area contributed by atoms with E-state index in [1.54, 1.807) is 0 Å². The number of hydrogen-bond donors (Lipinski definition) is 0. The van der Waals surface area contributed by atoms with Crippen LogP contribution < -0.4 is 4.74 Å². The number of carbonyl (C=O) groups is 1. The average molecular weight is 276 g/mol. The van der Waals surface area contributed by atoms with Crippen molar-refractivity contribution in [3.05, 3.63) is 29.3 Å². The van der Waals surface area contributed by atoms with Crippen LogP contribution in [0.1, 0.15) is 50.2 Å². The Kier molecular flexibility index (Phi) is 5.45. The highest BCUT2D eigenvalue weighted by Crippen LogP contribution is 2.30. The van der Waals surface area contributed by atoms with Gasteiger partial charge in [0.15, 0.2) is 0 Å². The van der Waals surface area contributed by atoms with Gasteiger partial charge in [0.1, 0.15) is 5.75 Å². The molecule has 0 aromatic heterocycles. The molecule has 1 atom stereocenters. The van der Waals surface area contributed by atoms with Crippen LogP contribution in [0, 0.1) is 0 Å². The Morgan fingerprint density at radius 3 is 3.00 bits per heavy atom. The van der Waals surface area contributed by atoms with Crippen LogP contribution in [0.2, 0.25) is 0 Å². The van der Waals surface area contributed by atoms with E-state index >= 15 is 0 Å². The summed E-state index contributed by atoms with van der Waals surface area (Å²) in [6.07, 6.45) is 7.71. The van der Waals surface area contributed by atoms with Crippen molar-refractivity contribution in [2.45, 2.75) is 58.0 Å². The molecule has 20 heavy (non-hydrogen) atoms. The van der Waals surface area contributed by atoms with Crippen molar-refractivity contribution in [1.29, 1.82) is 0 Å². The Balaban J connectivity index is 1.98. The maximum absolute atomic E-state index is 11.3. The lowest BCUT2D eigenvalue weighted by atomic mass is 9.97. The highest BCUT2D eigenvalue weighted by atomic mass is 16.5. The van der Waals surface area contributed by atoms with Crippen LogP contribution in [-0.4, -0.2) is 19.2 Å². The molecule has 0 N–H and O–H groups in total. The summed E-state index contributed by atoms with van der Waals surface area (Å²) >= 11 is 0. The first kappa shape index (κ1) is 14.9. The fourth-order valence-corrected chi connectivity index (χ4v) is 2.64. The molecule has 0 radical (unpaired) electrons. The third kappa shape index (κ3) is 3.99. The van der Waals surface area contributed by atoms with E-state index in [2.05, 4.69) is 13.0 Å². The second kappa shape index (κ2) is 7.32. The molecular formula is C17H24O3. The number of unbranched alkanes of at least 4 members (excludes halogenated alkanes) is 2. The van der Waals surface area contributed by atoms with E-state index in [0.29, 0.717) is 12.5 Å². The number of benzene rings is 1. The summed E-state index contributed by atoms with van der Waals surface area (Å²) in [5.74, 6) is 0.749. The molecule has 3 heteroatoms. The molecule has 0 spiro atoms. The Bertz CT molecular complexity index is 454. The molecule has 0 bridgehead atoms. The summed E-state index contributed by atoms with van der Waals surface area (Å²) in [7, 11) is 1.42. The van der Waals surface area contributed by atoms with E-state index in [9.17, 15) is 4.79 Å². The lowest BCUT2D eigenvalue weighted by Gasteiger charge is -2.26. The predicted molar refractivity (Wildman–Crippen MR) is 79.0 cm³/mol. The van der Waals surface area contributed by atoms with E-state index in [-0.39, 0.29) is 5.97 Å². The molecular weight excluding hydrogens is 252 g/mol. The first-order valence-corrected chi connectivity index (χ1v) is 7.58. The Hall–Kier alpha value is -1.51. The molecule has 1 heterocycles. The molecule has 110 valence electrons. The van der Waals surface area contributed by atoms with E-state index < -0.39 is 0 Å². The maximum atomic E-state index is 11.3. The largest absolute Gasteiger partial charge is 0.490 e. The Morgan fingerprint density at radius 1 is 1.40 bits per heavy atom. The van der Waals surface area contributed by atoms with Gasteiger partial charge < -0.3 is 9.47 Å². The van der Waals surface area contributed by atoms with E-state index in [1.807, 2.05) is 12.1 Å². The van der Waals surface area contributed by atoms with Gasteiger partial charge in [-0.25, -0.2) is 0 Å². The van der Waals surface area contributed by atoms with Gasteiger partial charge in [0.2, 0.25) is 0 Å². The first-order valence-electron chi connectivity index (χ1n) is 7.58. The zero-order chi connectivity index (χ0) is 14.4. The van der Waals surface area contributed by atoms with Gasteiger partial charge in [0.05, 0.1) is 19.6 Å². The highest BCUT2D eigenvalue weighted by Gasteiger charge is 2.20. The zero-order valence-electron chi connectivity index (χ0n) is 12.5. The molecule has 1 aromatic rings. The van der Waals surface area contributed by atoms with Crippen LogP contribution in [0.4, 0.5) is 0 Å². The van der Waals surface area contributed by atoms with Crippen LogP contribution in [0.25, 0.3) is 0 Å². The van der Waals surface area contributed by atoms with Crippen LogP contribution in [0.3, 0.4) is 0 Å². The number of fused-ring (bicyclic) bond motifs is 1. The monoisotopic (exact) mass is 276 g/mol. The quantitative estimate of drug-likeness (QED) is 0.587. The molecule has 1 aromatic carbocycles. The van der Waals surface area contributed by atoms with Gasteiger partial charge in [-0.15, -0.1) is 0 Å². The van der Waals surface area contributed by atoms with E-state index in [4.69, 9.17) is 9.47 Å². The SMILES string of the molecule is CCCCCC1CCc2ccc(CC(=O)OC)cc2O1. The second-order valence-corrected chi connectivity index (χ2v) is 5.47. The smallest absolute Gasteiger partial charge is 0.309 e. The molecule has 1 aliphatic rings. The van der Waals surface area contributed by atoms with Gasteiger partial charge in [-0.2, -0.15) is 0 Å². The van der Waals surface area contributed by atoms with Crippen LogP contribution >= 0.6 is 0 Å². The molecule has 0 amide bonds. The summed E-state index contributed by atoms with van der Waals surface area (Å²) in [5.41, 5.74) is 2.22. The Morgan fingerprint density at radius 2 is 2.25 bits per heavy atom. The van der Waals surface area contributed by atoms with Gasteiger partial charge in [-0.1, -0.05) is 31.9 Å². The van der Waals surface area contributed by atoms with E-state index in [0.717, 1.165) is 30.6 Å². The van der Waals surface area contributed by atoms with E-state index in [1.165, 1.54) is 31.9 Å². The number of rotatable bonds is 6. The summed E-state index contributed by atoms with van der Waals surface area (Å²) in [5, 5.41) is 0. The molecule has 0 saturated carbocycles. The van der Waals surface area contributed by atoms with Crippen molar-refractivity contribution >= 4 is 5.97 Å². The van der Waals surface area contributed by atoms with Crippen LogP contribution in [0.15, 0.2) is 18.2 Å². The number of methoxy groups -OCH3 is 1. The van der Waals surface area contributed by atoms with Crippen molar-refractivity contribution in [3.63, 3.8) is 0 Å². The number of carbonyl (C=O) groups excluding carboxylic acids is 1. The second-order valence-electron chi connectivity index (χ2n) is 5.47. The minimum absolute atomic E-state index is 0.208. The van der Waals surface area contributed by atoms with Gasteiger partial charge in [0, 0.05) is 0 Å². The molecule has 2 rings (SSSR count). The minimum atomic E-state index is -0.208. The molecule has 1 aliphatic heterocycles. The van der Waals surface area contributed by atoms with Crippen molar-refractivity contribution in [1.82, 2.24) is 0 Å². The standard InChI is InChI=1S/C17H24O3/c1-3-4-5-6-15-10-9-14-8-7-13(11-16(14)20-15)12-17(18)19-2/h7-8,11,15H,3-6,9-10,12H2,1-2H3. The van der Waals surface area contributed by atoms with Gasteiger partial charge in [0.25, 0.3) is 0 Å². The highest BCUT2D eigenvalue weighted by molar-refractivity contribution is 5.72. The minimum Gasteiger partial charge on any atom is -0.490 e. The fraction of sp³-hybridized carbons (Fsp3) is 0.588. The van der Waals surface area contributed by atoms with Gasteiger partial charge >= 0.3 is 5.97 Å². The topological polar surface area (TPSA) is 35.5 Å². The summed E-state index contributed by atoms with van der Waals surface area (Å²) in [6, 6.07) is 6.07. The third-order valence-electron chi connectivity index (χ3n) is 3.87. The number of hydrogen-bond acceptors (Lipinski definition) is 3. The molecule has 1 unspecified atom stereocenters. The lowest BCUT2D eigenvalue weighted by molar-refractivity contribution is -0.139. The maximum Gasteiger partial charge on any atom is 0.309 e. The zero-order valence-corrected chi connectivity index (χ0v) is 12.5. The van der Waals surface area contributed by atoms with Gasteiger partial charge in [-0.3, -0.25) is 4.79 Å². The average Bonchev–Trinajstić information content (AvgIpc) is 2.47. The summed E-state index contributed by atoms with van der Waals surface area (Å²) in [4.78, 5) is 11.3. The third-order valence-corrected chi connectivity index (χ3v) is 3.87. The van der Waals surface area contributed by atoms with Crippen LogP contribution in [0.5, 0.6) is 5.75 Å². The Labute approximate surface area is 121 Å².